The highest BCUT2D eigenvalue weighted by Gasteiger charge is 2.69. The fourth-order valence-corrected chi connectivity index (χ4v) is 7.16. The van der Waals surface area contributed by atoms with Crippen molar-refractivity contribution in [2.45, 2.75) is 93.4 Å². The third-order valence-electron chi connectivity index (χ3n) is 8.50. The third-order valence-corrected chi connectivity index (χ3v) is 9.03. The van der Waals surface area contributed by atoms with Crippen LogP contribution in [0.3, 0.4) is 0 Å². The summed E-state index contributed by atoms with van der Waals surface area (Å²) in [5, 5.41) is -0.528. The molecule has 0 amide bonds. The number of carbonyl (C=O) groups is 2. The second-order valence-corrected chi connectivity index (χ2v) is 10.6. The van der Waals surface area contributed by atoms with E-state index in [0.717, 1.165) is 19.3 Å². The van der Waals surface area contributed by atoms with Gasteiger partial charge in [-0.15, -0.1) is 11.6 Å². The highest BCUT2D eigenvalue weighted by atomic mass is 35.5. The van der Waals surface area contributed by atoms with Gasteiger partial charge < -0.3 is 18.9 Å². The van der Waals surface area contributed by atoms with Gasteiger partial charge in [0.2, 0.25) is 0 Å². The Bertz CT molecular complexity index is 831. The van der Waals surface area contributed by atoms with Gasteiger partial charge in [-0.25, -0.2) is 4.39 Å². The van der Waals surface area contributed by atoms with Crippen molar-refractivity contribution in [2.75, 3.05) is 14.2 Å². The topological polar surface area (TPSA) is 71.1 Å². The van der Waals surface area contributed by atoms with Crippen molar-refractivity contribution in [3.05, 3.63) is 11.3 Å². The van der Waals surface area contributed by atoms with Gasteiger partial charge in [-0.05, 0) is 12.8 Å². The molecule has 5 aliphatic rings. The molecule has 0 N–H and O–H groups in total. The van der Waals surface area contributed by atoms with Crippen LogP contribution >= 0.6 is 11.6 Å². The monoisotopic (exact) mass is 470 g/mol. The smallest absolute Gasteiger partial charge is 0.187 e. The largest absolute Gasteiger partial charge is 0.490 e. The lowest BCUT2D eigenvalue weighted by molar-refractivity contribution is -0.148. The van der Waals surface area contributed by atoms with Crippen LogP contribution in [0.4, 0.5) is 4.39 Å². The molecule has 3 fully saturated rings. The Labute approximate surface area is 193 Å². The van der Waals surface area contributed by atoms with Crippen molar-refractivity contribution in [3.63, 3.8) is 0 Å². The number of ketones is 2. The predicted octanol–water partition coefficient (Wildman–Crippen LogP) is 3.53. The SMILES string of the molecule is COC1CC(OC)C2C(=O)[C@@]3(OC2C1Cl)C1=C(C[C@H](C2CCCCC2F)O1)C(=O)C[C@H]3C. The Hall–Kier alpha value is -1.02. The van der Waals surface area contributed by atoms with E-state index in [1.165, 1.54) is 0 Å². The zero-order valence-electron chi connectivity index (χ0n) is 18.9. The minimum Gasteiger partial charge on any atom is -0.490 e. The van der Waals surface area contributed by atoms with E-state index in [4.69, 9.17) is 30.5 Å². The summed E-state index contributed by atoms with van der Waals surface area (Å²) in [5.74, 6) is -1.08. The number of hydrogen-bond acceptors (Lipinski definition) is 6. The van der Waals surface area contributed by atoms with Gasteiger partial charge in [0.1, 0.15) is 18.0 Å². The average molecular weight is 471 g/mol. The molecule has 0 radical (unpaired) electrons. The van der Waals surface area contributed by atoms with E-state index in [0.29, 0.717) is 30.6 Å². The molecule has 0 aromatic carbocycles. The molecule has 2 saturated carbocycles. The lowest BCUT2D eigenvalue weighted by atomic mass is 9.69. The molecule has 6 nitrogen and oxygen atoms in total. The predicted molar refractivity (Wildman–Crippen MR) is 114 cm³/mol. The van der Waals surface area contributed by atoms with E-state index in [1.807, 2.05) is 6.92 Å². The minimum atomic E-state index is -1.37. The zero-order chi connectivity index (χ0) is 22.8. The zero-order valence-corrected chi connectivity index (χ0v) is 19.6. The number of rotatable bonds is 3. The molecule has 1 saturated heterocycles. The van der Waals surface area contributed by atoms with Crippen LogP contribution in [0.2, 0.25) is 0 Å². The van der Waals surface area contributed by atoms with Gasteiger partial charge in [0.05, 0.1) is 29.6 Å². The second-order valence-electron chi connectivity index (χ2n) is 10.1. The molecule has 10 atom stereocenters. The van der Waals surface area contributed by atoms with Crippen molar-refractivity contribution in [1.29, 1.82) is 0 Å². The van der Waals surface area contributed by atoms with Crippen LogP contribution in [0.15, 0.2) is 11.3 Å². The van der Waals surface area contributed by atoms with Crippen molar-refractivity contribution in [1.82, 2.24) is 0 Å². The minimum absolute atomic E-state index is 0.0291. The summed E-state index contributed by atoms with van der Waals surface area (Å²) in [6, 6.07) is 0. The maximum atomic E-state index is 14.7. The molecular formula is C24H32ClFO6. The molecule has 0 bridgehead atoms. The van der Waals surface area contributed by atoms with Crippen molar-refractivity contribution in [2.24, 2.45) is 17.8 Å². The Morgan fingerprint density at radius 2 is 1.81 bits per heavy atom. The van der Waals surface area contributed by atoms with E-state index in [2.05, 4.69) is 0 Å². The van der Waals surface area contributed by atoms with Crippen LogP contribution in [-0.4, -0.2) is 67.4 Å². The van der Waals surface area contributed by atoms with Gasteiger partial charge >= 0.3 is 0 Å². The summed E-state index contributed by atoms with van der Waals surface area (Å²) in [6.07, 6.45) is 1.40. The molecule has 0 aromatic heterocycles. The molecule has 2 heterocycles. The first-order valence-electron chi connectivity index (χ1n) is 11.8. The number of carbonyl (C=O) groups excluding carboxylic acids is 2. The normalized spacial score (nSPS) is 48.7. The number of hydrogen-bond donors (Lipinski definition) is 0. The fraction of sp³-hybridized carbons (Fsp3) is 0.833. The molecule has 32 heavy (non-hydrogen) atoms. The maximum absolute atomic E-state index is 14.7. The maximum Gasteiger partial charge on any atom is 0.187 e. The quantitative estimate of drug-likeness (QED) is 0.588. The van der Waals surface area contributed by atoms with Crippen LogP contribution < -0.4 is 0 Å². The molecule has 178 valence electrons. The molecular weight excluding hydrogens is 439 g/mol. The molecule has 0 aromatic rings. The standard InChI is InChI=1S/C24H32ClFO6/c1-11-8-15(27)13-9-16(12-6-4-5-7-14(12)26)31-23(13)24(11)22(28)19-17(29-2)10-18(30-3)20(25)21(19)32-24/h11-12,14,16-21H,4-10H2,1-3H3/t11-,12?,14?,16-,17?,18?,19?,20?,21?,24-/m1/s1. The van der Waals surface area contributed by atoms with Crippen molar-refractivity contribution in [3.8, 4) is 0 Å². The number of fused-ring (bicyclic) bond motifs is 2. The molecule has 7 unspecified atom stereocenters. The van der Waals surface area contributed by atoms with Gasteiger partial charge in [-0.1, -0.05) is 19.8 Å². The average Bonchev–Trinajstić information content (AvgIpc) is 3.35. The van der Waals surface area contributed by atoms with Crippen LogP contribution in [0, 0.1) is 17.8 Å². The fourth-order valence-electron chi connectivity index (χ4n) is 6.75. The number of halogens is 2. The van der Waals surface area contributed by atoms with E-state index in [9.17, 15) is 14.0 Å². The van der Waals surface area contributed by atoms with Gasteiger partial charge in [0, 0.05) is 50.9 Å². The molecule has 3 aliphatic carbocycles. The molecule has 1 spiro atoms. The van der Waals surface area contributed by atoms with Crippen LogP contribution in [-0.2, 0) is 28.5 Å². The van der Waals surface area contributed by atoms with E-state index in [-0.39, 0.29) is 30.0 Å². The van der Waals surface area contributed by atoms with Crippen LogP contribution in [0.5, 0.6) is 0 Å². The lowest BCUT2D eigenvalue weighted by Crippen LogP contribution is -2.52. The summed E-state index contributed by atoms with van der Waals surface area (Å²) in [4.78, 5) is 27.0. The highest BCUT2D eigenvalue weighted by molar-refractivity contribution is 6.22. The first-order chi connectivity index (χ1) is 15.3. The summed E-state index contributed by atoms with van der Waals surface area (Å²) >= 11 is 6.73. The van der Waals surface area contributed by atoms with E-state index >= 15 is 0 Å². The first-order valence-corrected chi connectivity index (χ1v) is 12.3. The summed E-state index contributed by atoms with van der Waals surface area (Å²) in [7, 11) is 3.16. The van der Waals surface area contributed by atoms with Crippen molar-refractivity contribution >= 4 is 23.2 Å². The lowest BCUT2D eigenvalue weighted by Gasteiger charge is -2.39. The Morgan fingerprint density at radius 3 is 2.50 bits per heavy atom. The van der Waals surface area contributed by atoms with Crippen molar-refractivity contribution < 1.29 is 32.9 Å². The first kappa shape index (κ1) is 22.8. The van der Waals surface area contributed by atoms with Gasteiger partial charge in [-0.3, -0.25) is 9.59 Å². The number of methoxy groups -OCH3 is 2. The van der Waals surface area contributed by atoms with E-state index < -0.39 is 47.3 Å². The molecule has 8 heteroatoms. The Kier molecular flexibility index (Phi) is 5.92. The molecule has 5 rings (SSSR count). The van der Waals surface area contributed by atoms with Gasteiger partial charge in [0.15, 0.2) is 17.2 Å². The number of ether oxygens (including phenoxy) is 4. The summed E-state index contributed by atoms with van der Waals surface area (Å²) in [5.41, 5.74) is -0.873. The summed E-state index contributed by atoms with van der Waals surface area (Å²) < 4.78 is 38.9. The number of alkyl halides is 2. The highest BCUT2D eigenvalue weighted by Crippen LogP contribution is 2.56. The van der Waals surface area contributed by atoms with Gasteiger partial charge in [0.25, 0.3) is 0 Å². The second kappa shape index (κ2) is 8.33. The van der Waals surface area contributed by atoms with Crippen LogP contribution in [0.1, 0.15) is 51.9 Å². The third kappa shape index (κ3) is 3.14. The summed E-state index contributed by atoms with van der Waals surface area (Å²) in [6.45, 7) is 1.85. The molecule has 2 aliphatic heterocycles. The Balaban J connectivity index is 1.52. The number of Topliss-reactive ketones (excluding diaryl/α,β-unsaturated/α-hetero) is 2. The van der Waals surface area contributed by atoms with Gasteiger partial charge in [-0.2, -0.15) is 0 Å². The Morgan fingerprint density at radius 1 is 1.09 bits per heavy atom. The van der Waals surface area contributed by atoms with E-state index in [1.54, 1.807) is 14.2 Å². The van der Waals surface area contributed by atoms with Crippen LogP contribution in [0.25, 0.3) is 0 Å².